The fraction of sp³-hybridized carbons (Fsp3) is 0.647. The highest BCUT2D eigenvalue weighted by Gasteiger charge is 2.34. The molecule has 1 N–H and O–H groups in total. The lowest BCUT2D eigenvalue weighted by Gasteiger charge is -2.41. The number of benzene rings is 1. The van der Waals surface area contributed by atoms with Crippen molar-refractivity contribution in [3.63, 3.8) is 0 Å². The van der Waals surface area contributed by atoms with Crippen LogP contribution in [0.1, 0.15) is 38.7 Å². The van der Waals surface area contributed by atoms with Crippen LogP contribution in [0.25, 0.3) is 0 Å². The summed E-state index contributed by atoms with van der Waals surface area (Å²) in [6, 6.07) is 4.79. The third-order valence-electron chi connectivity index (χ3n) is 4.64. The Balaban J connectivity index is 2.14. The van der Waals surface area contributed by atoms with Gasteiger partial charge in [-0.2, -0.15) is 0 Å². The molecule has 2 atom stereocenters. The van der Waals surface area contributed by atoms with E-state index in [1.54, 1.807) is 0 Å². The number of hydrogen-bond donors (Lipinski definition) is 1. The summed E-state index contributed by atoms with van der Waals surface area (Å²) < 4.78 is 13.2. The normalized spacial score (nSPS) is 25.6. The van der Waals surface area contributed by atoms with Gasteiger partial charge in [0.2, 0.25) is 0 Å². The van der Waals surface area contributed by atoms with E-state index in [-0.39, 0.29) is 5.82 Å². The molecule has 2 rings (SSSR count). The predicted octanol–water partition coefficient (Wildman–Crippen LogP) is 4.68. The zero-order valence-electron chi connectivity index (χ0n) is 12.7. The largest absolute Gasteiger partial charge is 0.319 e. The maximum atomic E-state index is 13.2. The lowest BCUT2D eigenvalue weighted by molar-refractivity contribution is 0.117. The first-order chi connectivity index (χ1) is 9.41. The minimum absolute atomic E-state index is 0.255. The van der Waals surface area contributed by atoms with Crippen molar-refractivity contribution in [1.29, 1.82) is 0 Å². The first kappa shape index (κ1) is 15.8. The third kappa shape index (κ3) is 3.95. The quantitative estimate of drug-likeness (QED) is 0.850. The Morgan fingerprint density at radius 1 is 1.35 bits per heavy atom. The van der Waals surface area contributed by atoms with Gasteiger partial charge in [0.15, 0.2) is 0 Å². The Bertz CT molecular complexity index is 458. The van der Waals surface area contributed by atoms with Gasteiger partial charge in [0.25, 0.3) is 0 Å². The highest BCUT2D eigenvalue weighted by Crippen LogP contribution is 2.43. The maximum Gasteiger partial charge on any atom is 0.124 e. The molecule has 2 unspecified atom stereocenters. The van der Waals surface area contributed by atoms with Crippen molar-refractivity contribution >= 4 is 11.6 Å². The fourth-order valence-corrected chi connectivity index (χ4v) is 3.77. The Kier molecular flexibility index (Phi) is 5.09. The van der Waals surface area contributed by atoms with Gasteiger partial charge in [0.1, 0.15) is 5.82 Å². The molecule has 0 radical (unpaired) electrons. The molecule has 1 aromatic carbocycles. The summed E-state index contributed by atoms with van der Waals surface area (Å²) in [6.07, 6.45) is 4.71. The van der Waals surface area contributed by atoms with Gasteiger partial charge in [-0.3, -0.25) is 0 Å². The van der Waals surface area contributed by atoms with Crippen LogP contribution in [0.4, 0.5) is 4.39 Å². The second-order valence-electron chi connectivity index (χ2n) is 6.92. The van der Waals surface area contributed by atoms with Crippen LogP contribution in [-0.2, 0) is 6.42 Å². The Morgan fingerprint density at radius 2 is 2.10 bits per heavy atom. The highest BCUT2D eigenvalue weighted by molar-refractivity contribution is 6.31. The summed E-state index contributed by atoms with van der Waals surface area (Å²) in [6.45, 7) is 5.75. The van der Waals surface area contributed by atoms with Crippen molar-refractivity contribution in [3.05, 3.63) is 34.6 Å². The van der Waals surface area contributed by atoms with Crippen LogP contribution >= 0.6 is 11.6 Å². The van der Waals surface area contributed by atoms with Crippen LogP contribution in [0, 0.1) is 23.1 Å². The lowest BCUT2D eigenvalue weighted by Crippen LogP contribution is -2.36. The topological polar surface area (TPSA) is 12.0 Å². The Morgan fingerprint density at radius 3 is 2.75 bits per heavy atom. The van der Waals surface area contributed by atoms with Crippen LogP contribution in [-0.4, -0.2) is 13.6 Å². The molecular weight excluding hydrogens is 273 g/mol. The van der Waals surface area contributed by atoms with Crippen molar-refractivity contribution < 1.29 is 4.39 Å². The van der Waals surface area contributed by atoms with Gasteiger partial charge in [-0.1, -0.05) is 31.5 Å². The monoisotopic (exact) mass is 297 g/mol. The second kappa shape index (κ2) is 6.44. The number of hydrogen-bond acceptors (Lipinski definition) is 1. The molecule has 1 nitrogen and oxygen atoms in total. The molecule has 1 aromatic rings. The van der Waals surface area contributed by atoms with Crippen molar-refractivity contribution in [1.82, 2.24) is 5.32 Å². The molecule has 0 spiro atoms. The maximum absolute atomic E-state index is 13.2. The molecule has 0 bridgehead atoms. The van der Waals surface area contributed by atoms with Crippen molar-refractivity contribution in [2.75, 3.05) is 13.6 Å². The van der Waals surface area contributed by atoms with Gasteiger partial charge in [0.05, 0.1) is 0 Å². The van der Waals surface area contributed by atoms with E-state index in [9.17, 15) is 4.39 Å². The van der Waals surface area contributed by atoms with Crippen molar-refractivity contribution in [3.8, 4) is 0 Å². The van der Waals surface area contributed by atoms with E-state index in [2.05, 4.69) is 19.2 Å². The summed E-state index contributed by atoms with van der Waals surface area (Å²) in [5.41, 5.74) is 1.48. The molecule has 1 aliphatic carbocycles. The van der Waals surface area contributed by atoms with Gasteiger partial charge in [-0.05, 0) is 74.2 Å². The van der Waals surface area contributed by atoms with E-state index in [0.717, 1.165) is 18.5 Å². The smallest absolute Gasteiger partial charge is 0.124 e. The molecule has 112 valence electrons. The molecule has 3 heteroatoms. The number of halogens is 2. The van der Waals surface area contributed by atoms with Crippen LogP contribution < -0.4 is 5.32 Å². The number of nitrogens with one attached hydrogen (secondary N) is 1. The fourth-order valence-electron chi connectivity index (χ4n) is 3.53. The van der Waals surface area contributed by atoms with Gasteiger partial charge in [-0.25, -0.2) is 4.39 Å². The van der Waals surface area contributed by atoms with E-state index in [4.69, 9.17) is 11.6 Å². The number of rotatable bonds is 4. The van der Waals surface area contributed by atoms with Crippen molar-refractivity contribution in [2.45, 2.75) is 39.5 Å². The summed E-state index contributed by atoms with van der Waals surface area (Å²) in [4.78, 5) is 0. The second-order valence-corrected chi connectivity index (χ2v) is 7.33. The molecule has 0 heterocycles. The van der Waals surface area contributed by atoms with Crippen LogP contribution in [0.5, 0.6) is 0 Å². The minimum Gasteiger partial charge on any atom is -0.319 e. The molecule has 0 aromatic heterocycles. The van der Waals surface area contributed by atoms with Gasteiger partial charge < -0.3 is 5.32 Å². The van der Waals surface area contributed by atoms with Gasteiger partial charge in [0, 0.05) is 5.02 Å². The Hall–Kier alpha value is -0.600. The van der Waals surface area contributed by atoms with Gasteiger partial charge >= 0.3 is 0 Å². The van der Waals surface area contributed by atoms with Crippen molar-refractivity contribution in [2.24, 2.45) is 17.3 Å². The Labute approximate surface area is 126 Å². The summed E-state index contributed by atoms with van der Waals surface area (Å²) >= 11 is 6.19. The standard InChI is InChI=1S/C17H25ClFN/c1-17(2)7-6-13(11-20-3)14(10-17)8-12-4-5-15(19)9-16(12)18/h4-5,9,13-14,20H,6-8,10-11H2,1-3H3. The summed E-state index contributed by atoms with van der Waals surface area (Å²) in [7, 11) is 2.02. The van der Waals surface area contributed by atoms with E-state index in [1.165, 1.54) is 31.4 Å². The zero-order valence-corrected chi connectivity index (χ0v) is 13.4. The predicted molar refractivity (Wildman–Crippen MR) is 83.7 cm³/mol. The first-order valence-electron chi connectivity index (χ1n) is 7.50. The molecule has 0 aliphatic heterocycles. The van der Waals surface area contributed by atoms with E-state index >= 15 is 0 Å². The first-order valence-corrected chi connectivity index (χ1v) is 7.87. The minimum atomic E-state index is -0.255. The van der Waals surface area contributed by atoms with E-state index in [1.807, 2.05) is 13.1 Å². The summed E-state index contributed by atoms with van der Waals surface area (Å²) in [5, 5.41) is 3.88. The summed E-state index contributed by atoms with van der Waals surface area (Å²) in [5.74, 6) is 1.05. The molecule has 0 amide bonds. The van der Waals surface area contributed by atoms with Crippen LogP contribution in [0.15, 0.2) is 18.2 Å². The van der Waals surface area contributed by atoms with Gasteiger partial charge in [-0.15, -0.1) is 0 Å². The van der Waals surface area contributed by atoms with Crippen LogP contribution in [0.3, 0.4) is 0 Å². The average Bonchev–Trinajstić information content (AvgIpc) is 2.36. The van der Waals surface area contributed by atoms with Crippen LogP contribution in [0.2, 0.25) is 5.02 Å². The molecule has 1 aliphatic rings. The zero-order chi connectivity index (χ0) is 14.8. The molecule has 20 heavy (non-hydrogen) atoms. The SMILES string of the molecule is CNCC1CCC(C)(C)CC1Cc1ccc(F)cc1Cl. The molecule has 0 saturated heterocycles. The van der Waals surface area contributed by atoms with E-state index in [0.29, 0.717) is 22.3 Å². The highest BCUT2D eigenvalue weighted by atomic mass is 35.5. The molecular formula is C17H25ClFN. The third-order valence-corrected chi connectivity index (χ3v) is 4.99. The molecule has 1 saturated carbocycles. The average molecular weight is 298 g/mol. The lowest BCUT2D eigenvalue weighted by atomic mass is 9.65. The van der Waals surface area contributed by atoms with E-state index < -0.39 is 0 Å². The molecule has 1 fully saturated rings.